The van der Waals surface area contributed by atoms with Gasteiger partial charge in [-0.05, 0) is 28.8 Å². The van der Waals surface area contributed by atoms with Gasteiger partial charge in [-0.25, -0.2) is 4.79 Å². The maximum Gasteiger partial charge on any atom is 0.338 e. The van der Waals surface area contributed by atoms with Crippen molar-refractivity contribution < 1.29 is 23.7 Å². The van der Waals surface area contributed by atoms with Crippen molar-refractivity contribution in [3.05, 3.63) is 144 Å². The third-order valence-electron chi connectivity index (χ3n) is 6.46. The first-order valence-corrected chi connectivity index (χ1v) is 14.2. The van der Waals surface area contributed by atoms with Crippen LogP contribution in [0.3, 0.4) is 0 Å². The number of ether oxygens (including phenoxy) is 4. The van der Waals surface area contributed by atoms with E-state index in [1.807, 2.05) is 97.1 Å². The Hall–Kier alpha value is -3.42. The van der Waals surface area contributed by atoms with Gasteiger partial charge in [0.25, 0.3) is 0 Å². The Balaban J connectivity index is 1.34. The normalized spacial score (nSPS) is 20.5. The second kappa shape index (κ2) is 14.1. The molecule has 1 aliphatic heterocycles. The van der Waals surface area contributed by atoms with Gasteiger partial charge in [0.15, 0.2) is 6.10 Å². The Kier molecular flexibility index (Phi) is 9.82. The average molecular weight is 541 g/mol. The molecule has 39 heavy (non-hydrogen) atoms. The molecule has 1 fully saturated rings. The van der Waals surface area contributed by atoms with E-state index < -0.39 is 29.7 Å². The molecule has 0 N–H and O–H groups in total. The fourth-order valence-electron chi connectivity index (χ4n) is 4.44. The standard InChI is InChI=1S/C33H32O5S/c34-32(28-19-11-4-12-20-28)38-31-30(36-22-26-15-7-2-8-16-26)29(23-35-21-25-13-5-1-6-14-25)37-33(31)39-24-27-17-9-3-10-18-27/h1-20,29-31,33H,21-24H2/t29-,30+,31-,33+/m1/s1. The van der Waals surface area contributed by atoms with E-state index in [0.29, 0.717) is 31.1 Å². The predicted molar refractivity (Wildman–Crippen MR) is 153 cm³/mol. The number of rotatable bonds is 12. The lowest BCUT2D eigenvalue weighted by molar-refractivity contribution is -0.0778. The summed E-state index contributed by atoms with van der Waals surface area (Å²) in [4.78, 5) is 13.2. The SMILES string of the molecule is O=C(O[C@@H]1[C@@H](OCc2ccccc2)[C@@H](COCc2ccccc2)O[C@H]1SCc1ccccc1)c1ccccc1. The van der Waals surface area contributed by atoms with E-state index in [-0.39, 0.29) is 0 Å². The Labute approximate surface area is 234 Å². The van der Waals surface area contributed by atoms with Crippen LogP contribution in [0.15, 0.2) is 121 Å². The lowest BCUT2D eigenvalue weighted by atomic mass is 10.1. The number of carbonyl (C=O) groups excluding carboxylic acids is 1. The van der Waals surface area contributed by atoms with Crippen LogP contribution in [0.1, 0.15) is 27.0 Å². The Bertz CT molecular complexity index is 1270. The van der Waals surface area contributed by atoms with Crippen LogP contribution in [0.2, 0.25) is 0 Å². The zero-order valence-corrected chi connectivity index (χ0v) is 22.5. The maximum absolute atomic E-state index is 13.2. The van der Waals surface area contributed by atoms with Crippen molar-refractivity contribution in [2.24, 2.45) is 0 Å². The molecule has 4 aromatic carbocycles. The molecule has 5 rings (SSSR count). The first-order valence-electron chi connectivity index (χ1n) is 13.1. The van der Waals surface area contributed by atoms with E-state index in [9.17, 15) is 4.79 Å². The number of hydrogen-bond donors (Lipinski definition) is 0. The molecule has 5 nitrogen and oxygen atoms in total. The minimum absolute atomic E-state index is 0.316. The third kappa shape index (κ3) is 7.80. The molecule has 0 bridgehead atoms. The molecular formula is C33H32O5S. The summed E-state index contributed by atoms with van der Waals surface area (Å²) in [6, 6.07) is 39.2. The molecule has 0 amide bonds. The highest BCUT2D eigenvalue weighted by atomic mass is 32.2. The lowest BCUT2D eigenvalue weighted by Gasteiger charge is -2.25. The van der Waals surface area contributed by atoms with Crippen LogP contribution in [-0.2, 0) is 37.9 Å². The molecule has 0 aromatic heterocycles. The molecule has 1 heterocycles. The van der Waals surface area contributed by atoms with Gasteiger partial charge in [0.2, 0.25) is 0 Å². The van der Waals surface area contributed by atoms with Crippen LogP contribution in [0, 0.1) is 0 Å². The van der Waals surface area contributed by atoms with Crippen molar-refractivity contribution in [1.29, 1.82) is 0 Å². The van der Waals surface area contributed by atoms with Crippen molar-refractivity contribution in [2.45, 2.75) is 42.7 Å². The van der Waals surface area contributed by atoms with Crippen LogP contribution in [0.4, 0.5) is 0 Å². The first kappa shape index (κ1) is 27.2. The second-order valence-electron chi connectivity index (χ2n) is 9.34. The van der Waals surface area contributed by atoms with E-state index in [4.69, 9.17) is 18.9 Å². The fraction of sp³-hybridized carbons (Fsp3) is 0.242. The molecule has 0 spiro atoms. The molecule has 1 aliphatic rings. The van der Waals surface area contributed by atoms with E-state index in [2.05, 4.69) is 12.1 Å². The Morgan fingerprint density at radius 2 is 1.21 bits per heavy atom. The van der Waals surface area contributed by atoms with Gasteiger partial charge in [-0.2, -0.15) is 0 Å². The molecule has 200 valence electrons. The van der Waals surface area contributed by atoms with Gasteiger partial charge in [0.1, 0.15) is 17.6 Å². The molecular weight excluding hydrogens is 508 g/mol. The Morgan fingerprint density at radius 1 is 0.667 bits per heavy atom. The van der Waals surface area contributed by atoms with E-state index in [1.165, 1.54) is 5.56 Å². The number of hydrogen-bond acceptors (Lipinski definition) is 6. The van der Waals surface area contributed by atoms with Crippen molar-refractivity contribution in [1.82, 2.24) is 0 Å². The maximum atomic E-state index is 13.2. The van der Waals surface area contributed by atoms with Crippen molar-refractivity contribution in [3.8, 4) is 0 Å². The van der Waals surface area contributed by atoms with Crippen LogP contribution in [0.5, 0.6) is 0 Å². The highest BCUT2D eigenvalue weighted by molar-refractivity contribution is 7.99. The van der Waals surface area contributed by atoms with Gasteiger partial charge in [-0.1, -0.05) is 109 Å². The van der Waals surface area contributed by atoms with E-state index in [1.54, 1.807) is 23.9 Å². The summed E-state index contributed by atoms with van der Waals surface area (Å²) in [5, 5.41) is 0. The number of carbonyl (C=O) groups is 1. The molecule has 0 saturated carbocycles. The summed E-state index contributed by atoms with van der Waals surface area (Å²) >= 11 is 1.61. The topological polar surface area (TPSA) is 54.0 Å². The van der Waals surface area contributed by atoms with Gasteiger partial charge in [-0.3, -0.25) is 0 Å². The Morgan fingerprint density at radius 3 is 1.82 bits per heavy atom. The molecule has 4 atom stereocenters. The summed E-state index contributed by atoms with van der Waals surface area (Å²) in [5.74, 6) is 0.321. The van der Waals surface area contributed by atoms with Crippen molar-refractivity contribution in [2.75, 3.05) is 6.61 Å². The smallest absolute Gasteiger partial charge is 0.338 e. The summed E-state index contributed by atoms with van der Waals surface area (Å²) in [6.45, 7) is 1.15. The zero-order valence-electron chi connectivity index (χ0n) is 21.6. The largest absolute Gasteiger partial charge is 0.452 e. The zero-order chi connectivity index (χ0) is 26.7. The molecule has 1 saturated heterocycles. The van der Waals surface area contributed by atoms with E-state index >= 15 is 0 Å². The van der Waals surface area contributed by atoms with Gasteiger partial charge >= 0.3 is 5.97 Å². The second-order valence-corrected chi connectivity index (χ2v) is 10.4. The highest BCUT2D eigenvalue weighted by Crippen LogP contribution is 2.36. The third-order valence-corrected chi connectivity index (χ3v) is 7.66. The monoisotopic (exact) mass is 540 g/mol. The van der Waals surface area contributed by atoms with Crippen LogP contribution >= 0.6 is 11.8 Å². The lowest BCUT2D eigenvalue weighted by Crippen LogP contribution is -2.39. The van der Waals surface area contributed by atoms with Crippen molar-refractivity contribution in [3.63, 3.8) is 0 Å². The minimum Gasteiger partial charge on any atom is -0.452 e. The molecule has 0 aliphatic carbocycles. The fourth-order valence-corrected chi connectivity index (χ4v) is 5.61. The van der Waals surface area contributed by atoms with Crippen molar-refractivity contribution >= 4 is 17.7 Å². The highest BCUT2D eigenvalue weighted by Gasteiger charge is 2.48. The predicted octanol–water partition coefficient (Wildman–Crippen LogP) is 6.67. The summed E-state index contributed by atoms with van der Waals surface area (Å²) < 4.78 is 25.2. The van der Waals surface area contributed by atoms with Gasteiger partial charge in [0.05, 0.1) is 25.4 Å². The van der Waals surface area contributed by atoms with Gasteiger partial charge in [0, 0.05) is 5.75 Å². The summed E-state index contributed by atoms with van der Waals surface area (Å²) in [6.07, 6.45) is -1.51. The summed E-state index contributed by atoms with van der Waals surface area (Å²) in [7, 11) is 0. The number of esters is 1. The quantitative estimate of drug-likeness (QED) is 0.187. The molecule has 6 heteroatoms. The van der Waals surface area contributed by atoms with Gasteiger partial charge in [-0.15, -0.1) is 11.8 Å². The average Bonchev–Trinajstić information content (AvgIpc) is 3.32. The van der Waals surface area contributed by atoms with Gasteiger partial charge < -0.3 is 18.9 Å². The molecule has 4 aromatic rings. The van der Waals surface area contributed by atoms with Crippen LogP contribution < -0.4 is 0 Å². The first-order chi connectivity index (χ1) is 19.3. The molecule has 0 radical (unpaired) electrons. The number of thioether (sulfide) groups is 1. The summed E-state index contributed by atoms with van der Waals surface area (Å²) in [5.41, 5.74) is 3.37. The van der Waals surface area contributed by atoms with E-state index in [0.717, 1.165) is 11.1 Å². The number of benzene rings is 4. The minimum atomic E-state index is -0.611. The van der Waals surface area contributed by atoms with Crippen LogP contribution in [-0.4, -0.2) is 36.3 Å². The molecule has 0 unspecified atom stereocenters. The van der Waals surface area contributed by atoms with Crippen LogP contribution in [0.25, 0.3) is 0 Å².